The van der Waals surface area contributed by atoms with E-state index in [1.165, 1.54) is 0 Å². The molecule has 0 heterocycles. The van der Waals surface area contributed by atoms with E-state index in [1.807, 2.05) is 0 Å². The molecule has 4 atom stereocenters. The molecule has 0 aromatic carbocycles. The van der Waals surface area contributed by atoms with Gasteiger partial charge in [0.2, 0.25) is 17.7 Å². The Morgan fingerprint density at radius 1 is 0.625 bits per heavy atom. The minimum atomic E-state index is -1.28. The van der Waals surface area contributed by atoms with Crippen molar-refractivity contribution in [3.05, 3.63) is 0 Å². The first kappa shape index (κ1) is 36.0. The summed E-state index contributed by atoms with van der Waals surface area (Å²) in [6.45, 7) is 0.631. The van der Waals surface area contributed by atoms with Crippen LogP contribution in [0.1, 0.15) is 38.5 Å². The number of guanidine groups is 3. The van der Waals surface area contributed by atoms with Gasteiger partial charge in [0.15, 0.2) is 17.9 Å². The molecule has 18 N–H and O–H groups in total. The third kappa shape index (κ3) is 16.8. The minimum absolute atomic E-state index is 0.0373. The van der Waals surface area contributed by atoms with Gasteiger partial charge in [-0.05, 0) is 38.5 Å². The summed E-state index contributed by atoms with van der Waals surface area (Å²) >= 11 is 4.10. The quantitative estimate of drug-likeness (QED) is 0.0274. The van der Waals surface area contributed by atoms with Crippen molar-refractivity contribution < 1.29 is 24.3 Å². The number of nitrogens with one attached hydrogen (secondary N) is 3. The lowest BCUT2D eigenvalue weighted by molar-refractivity contribution is -0.142. The van der Waals surface area contributed by atoms with Gasteiger partial charge < -0.3 is 61.2 Å². The average molecular weight is 590 g/mol. The van der Waals surface area contributed by atoms with E-state index in [0.29, 0.717) is 12.8 Å². The number of amides is 3. The van der Waals surface area contributed by atoms with Crippen molar-refractivity contribution >= 4 is 54.2 Å². The van der Waals surface area contributed by atoms with Gasteiger partial charge >= 0.3 is 5.97 Å². The fourth-order valence-electron chi connectivity index (χ4n) is 3.20. The topological polar surface area (TPSA) is 344 Å². The first-order valence-corrected chi connectivity index (χ1v) is 13.1. The molecule has 19 heteroatoms. The van der Waals surface area contributed by atoms with E-state index in [4.69, 9.17) is 40.1 Å². The van der Waals surface area contributed by atoms with Gasteiger partial charge in [-0.3, -0.25) is 29.4 Å². The Hall–Kier alpha value is -4.00. The van der Waals surface area contributed by atoms with Crippen molar-refractivity contribution in [1.29, 1.82) is 0 Å². The molecule has 0 bridgehead atoms. The van der Waals surface area contributed by atoms with Crippen LogP contribution in [0.5, 0.6) is 0 Å². The normalized spacial score (nSPS) is 13.4. The van der Waals surface area contributed by atoms with Crippen molar-refractivity contribution in [2.45, 2.75) is 62.7 Å². The SMILES string of the molecule is NC(N)=NCCC[C@@H](N)C(=O)N[C@@H](CCCN=C(N)N)C(=O)N[C@H](CS)C(=O)N[C@@H](CCCN=C(N)N)C(=O)O. The Labute approximate surface area is 237 Å². The molecule has 0 aromatic heterocycles. The fraction of sp³-hybridized carbons (Fsp3) is 0.667. The van der Waals surface area contributed by atoms with Crippen LogP contribution in [-0.2, 0) is 19.2 Å². The zero-order chi connectivity index (χ0) is 30.7. The molecule has 3 amide bonds. The summed E-state index contributed by atoms with van der Waals surface area (Å²) < 4.78 is 0. The van der Waals surface area contributed by atoms with Crippen LogP contribution in [0.4, 0.5) is 0 Å². The van der Waals surface area contributed by atoms with Crippen molar-refractivity contribution in [3.8, 4) is 0 Å². The highest BCUT2D eigenvalue weighted by Crippen LogP contribution is 2.05. The van der Waals surface area contributed by atoms with Gasteiger partial charge in [-0.25, -0.2) is 4.79 Å². The molecular weight excluding hydrogens is 546 g/mol. The van der Waals surface area contributed by atoms with Crippen LogP contribution >= 0.6 is 12.6 Å². The molecule has 0 aliphatic carbocycles. The van der Waals surface area contributed by atoms with Gasteiger partial charge in [-0.15, -0.1) is 0 Å². The maximum absolute atomic E-state index is 13.1. The second kappa shape index (κ2) is 20.0. The molecule has 0 aliphatic rings. The van der Waals surface area contributed by atoms with Crippen molar-refractivity contribution in [2.24, 2.45) is 55.1 Å². The molecule has 0 saturated heterocycles. The fourth-order valence-corrected chi connectivity index (χ4v) is 3.46. The summed E-state index contributed by atoms with van der Waals surface area (Å²) in [6.07, 6.45) is 1.40. The smallest absolute Gasteiger partial charge is 0.326 e. The molecule has 0 rings (SSSR count). The van der Waals surface area contributed by atoms with E-state index in [0.717, 1.165) is 0 Å². The second-order valence-electron chi connectivity index (χ2n) is 8.66. The van der Waals surface area contributed by atoms with E-state index in [2.05, 4.69) is 43.6 Å². The van der Waals surface area contributed by atoms with Crippen LogP contribution in [0.3, 0.4) is 0 Å². The zero-order valence-corrected chi connectivity index (χ0v) is 23.2. The maximum Gasteiger partial charge on any atom is 0.326 e. The Morgan fingerprint density at radius 3 is 1.43 bits per heavy atom. The molecule has 0 unspecified atom stereocenters. The van der Waals surface area contributed by atoms with Gasteiger partial charge in [0.05, 0.1) is 6.04 Å². The number of carboxylic acids is 1. The molecule has 18 nitrogen and oxygen atoms in total. The average Bonchev–Trinajstić information content (AvgIpc) is 2.87. The molecule has 0 fully saturated rings. The van der Waals surface area contributed by atoms with Crippen LogP contribution in [0.2, 0.25) is 0 Å². The van der Waals surface area contributed by atoms with Crippen LogP contribution in [-0.4, -0.2) is 96.2 Å². The number of hydrogen-bond acceptors (Lipinski definition) is 9. The Kier molecular flexibility index (Phi) is 18.0. The van der Waals surface area contributed by atoms with Gasteiger partial charge in [0.25, 0.3) is 0 Å². The minimum Gasteiger partial charge on any atom is -0.480 e. The lowest BCUT2D eigenvalue weighted by Gasteiger charge is -2.24. The summed E-state index contributed by atoms with van der Waals surface area (Å²) in [4.78, 5) is 61.5. The predicted molar refractivity (Wildman–Crippen MR) is 155 cm³/mol. The Morgan fingerprint density at radius 2 is 1.00 bits per heavy atom. The molecule has 0 aromatic rings. The third-order valence-electron chi connectivity index (χ3n) is 5.26. The lowest BCUT2D eigenvalue weighted by Crippen LogP contribution is -2.57. The summed E-state index contributed by atoms with van der Waals surface area (Å²) in [5, 5.41) is 16.9. The number of carbonyl (C=O) groups excluding carboxylic acids is 3. The highest BCUT2D eigenvalue weighted by atomic mass is 32.1. The standard InChI is InChI=1S/C21H43N13O5S/c22-11(4-1-7-29-19(23)24)15(35)32-12(5-2-8-30-20(25)26)16(36)34-14(10-40)17(37)33-13(18(38)39)6-3-9-31-21(27)28/h11-14,40H,1-10,22H2,(H,32,35)(H,33,37)(H,34,36)(H,38,39)(H4,23,24,29)(H4,25,26,30)(H4,27,28,31)/t11-,12+,13+,14-/m1/s1. The van der Waals surface area contributed by atoms with Crippen LogP contribution in [0.25, 0.3) is 0 Å². The van der Waals surface area contributed by atoms with E-state index in [9.17, 15) is 24.3 Å². The Bertz CT molecular complexity index is 919. The molecule has 40 heavy (non-hydrogen) atoms. The van der Waals surface area contributed by atoms with E-state index in [-0.39, 0.29) is 68.9 Å². The summed E-state index contributed by atoms with van der Waals surface area (Å²) in [5.74, 6) is -3.88. The predicted octanol–water partition coefficient (Wildman–Crippen LogP) is -5.06. The van der Waals surface area contributed by atoms with E-state index < -0.39 is 47.9 Å². The number of thiol groups is 1. The molecule has 0 aliphatic heterocycles. The van der Waals surface area contributed by atoms with Gasteiger partial charge in [0.1, 0.15) is 18.1 Å². The summed E-state index contributed by atoms with van der Waals surface area (Å²) in [6, 6.07) is -4.52. The van der Waals surface area contributed by atoms with Gasteiger partial charge in [0, 0.05) is 25.4 Å². The molecule has 0 radical (unpaired) electrons. The second-order valence-corrected chi connectivity index (χ2v) is 9.02. The number of carboxylic acid groups (broad SMARTS) is 1. The van der Waals surface area contributed by atoms with Crippen LogP contribution in [0, 0.1) is 0 Å². The summed E-state index contributed by atoms with van der Waals surface area (Å²) in [7, 11) is 0. The Balaban J connectivity index is 5.33. The van der Waals surface area contributed by atoms with Crippen LogP contribution in [0.15, 0.2) is 15.0 Å². The number of hydrogen-bond donors (Lipinski definition) is 12. The van der Waals surface area contributed by atoms with Crippen molar-refractivity contribution in [2.75, 3.05) is 25.4 Å². The monoisotopic (exact) mass is 589 g/mol. The van der Waals surface area contributed by atoms with E-state index >= 15 is 0 Å². The first-order valence-electron chi connectivity index (χ1n) is 12.4. The zero-order valence-electron chi connectivity index (χ0n) is 22.3. The largest absolute Gasteiger partial charge is 0.480 e. The maximum atomic E-state index is 13.1. The number of rotatable bonds is 20. The van der Waals surface area contributed by atoms with E-state index in [1.54, 1.807) is 0 Å². The third-order valence-corrected chi connectivity index (χ3v) is 5.62. The summed E-state index contributed by atoms with van der Waals surface area (Å²) in [5.41, 5.74) is 37.6. The van der Waals surface area contributed by atoms with Gasteiger partial charge in [-0.2, -0.15) is 12.6 Å². The number of carbonyl (C=O) groups is 4. The first-order chi connectivity index (χ1) is 18.8. The molecule has 0 saturated carbocycles. The highest BCUT2D eigenvalue weighted by Gasteiger charge is 2.29. The highest BCUT2D eigenvalue weighted by molar-refractivity contribution is 7.80. The number of aliphatic carboxylic acids is 1. The molecular formula is C21H43N13O5S. The van der Waals surface area contributed by atoms with Crippen molar-refractivity contribution in [1.82, 2.24) is 16.0 Å². The van der Waals surface area contributed by atoms with Crippen molar-refractivity contribution in [3.63, 3.8) is 0 Å². The number of nitrogens with zero attached hydrogens (tertiary/aromatic N) is 3. The molecule has 0 spiro atoms. The lowest BCUT2D eigenvalue weighted by atomic mass is 10.1. The number of nitrogens with two attached hydrogens (primary N) is 7. The van der Waals surface area contributed by atoms with Gasteiger partial charge in [-0.1, -0.05) is 0 Å². The van der Waals surface area contributed by atoms with Crippen LogP contribution < -0.4 is 56.1 Å². The number of aliphatic imine (C=N–C) groups is 3. The molecule has 228 valence electrons.